The largest absolute Gasteiger partial charge is 0.322 e. The van der Waals surface area contributed by atoms with Gasteiger partial charge in [-0.1, -0.05) is 37.0 Å². The maximum Gasteiger partial charge on any atom is 0.0497 e. The van der Waals surface area contributed by atoms with Gasteiger partial charge in [-0.25, -0.2) is 0 Å². The predicted molar refractivity (Wildman–Crippen MR) is 80.4 cm³/mol. The SMILES string of the molecule is CCC(CC)(C(N)c1cc(Cl)ccc1Cl)N(C)C. The Morgan fingerprint density at radius 2 is 1.78 bits per heavy atom. The third-order valence-electron chi connectivity index (χ3n) is 3.99. The predicted octanol–water partition coefficient (Wildman–Crippen LogP) is 4.11. The average molecular weight is 289 g/mol. The molecule has 0 fully saturated rings. The summed E-state index contributed by atoms with van der Waals surface area (Å²) in [4.78, 5) is 2.19. The summed E-state index contributed by atoms with van der Waals surface area (Å²) in [5, 5.41) is 1.35. The summed E-state index contributed by atoms with van der Waals surface area (Å²) in [6, 6.07) is 5.31. The van der Waals surface area contributed by atoms with E-state index in [9.17, 15) is 0 Å². The quantitative estimate of drug-likeness (QED) is 0.883. The number of hydrogen-bond acceptors (Lipinski definition) is 2. The monoisotopic (exact) mass is 288 g/mol. The van der Waals surface area contributed by atoms with Crippen molar-refractivity contribution >= 4 is 23.2 Å². The molecule has 0 aromatic heterocycles. The van der Waals surface area contributed by atoms with Crippen LogP contribution in [0.2, 0.25) is 10.0 Å². The molecule has 0 radical (unpaired) electrons. The first kappa shape index (κ1) is 15.8. The van der Waals surface area contributed by atoms with E-state index >= 15 is 0 Å². The second-order valence-electron chi connectivity index (χ2n) is 4.85. The van der Waals surface area contributed by atoms with Gasteiger partial charge in [-0.3, -0.25) is 0 Å². The minimum atomic E-state index is -0.159. The third kappa shape index (κ3) is 2.83. The Hall–Kier alpha value is -0.280. The van der Waals surface area contributed by atoms with Crippen molar-refractivity contribution < 1.29 is 0 Å². The van der Waals surface area contributed by atoms with Gasteiger partial charge in [0.2, 0.25) is 0 Å². The Labute approximate surface area is 120 Å². The summed E-state index contributed by atoms with van der Waals surface area (Å²) in [5.74, 6) is 0. The molecular formula is C14H22Cl2N2. The Balaban J connectivity index is 3.25. The summed E-state index contributed by atoms with van der Waals surface area (Å²) in [6.07, 6.45) is 1.92. The molecule has 0 aliphatic rings. The second kappa shape index (κ2) is 6.25. The number of likely N-dealkylation sites (N-methyl/N-ethyl adjacent to an activating group) is 1. The van der Waals surface area contributed by atoms with Crippen molar-refractivity contribution in [3.05, 3.63) is 33.8 Å². The molecule has 1 aromatic carbocycles. The van der Waals surface area contributed by atoms with E-state index in [2.05, 4.69) is 32.8 Å². The molecule has 0 saturated heterocycles. The molecule has 4 heteroatoms. The first-order valence-electron chi connectivity index (χ1n) is 6.27. The van der Waals surface area contributed by atoms with Crippen LogP contribution < -0.4 is 5.73 Å². The molecule has 2 N–H and O–H groups in total. The minimum absolute atomic E-state index is 0.103. The molecule has 102 valence electrons. The standard InChI is InChI=1S/C14H22Cl2N2/c1-5-14(6-2,18(3)4)13(17)11-9-10(15)7-8-12(11)16/h7-9,13H,5-6,17H2,1-4H3. The topological polar surface area (TPSA) is 29.3 Å². The summed E-state index contributed by atoms with van der Waals surface area (Å²) in [7, 11) is 4.12. The first-order chi connectivity index (χ1) is 8.39. The van der Waals surface area contributed by atoms with E-state index in [1.165, 1.54) is 0 Å². The summed E-state index contributed by atoms with van der Waals surface area (Å²) < 4.78 is 0. The highest BCUT2D eigenvalue weighted by atomic mass is 35.5. The number of hydrogen-bond donors (Lipinski definition) is 1. The molecule has 1 rings (SSSR count). The lowest BCUT2D eigenvalue weighted by Crippen LogP contribution is -2.51. The van der Waals surface area contributed by atoms with Crippen molar-refractivity contribution in [3.8, 4) is 0 Å². The highest BCUT2D eigenvalue weighted by Crippen LogP contribution is 2.37. The van der Waals surface area contributed by atoms with Crippen LogP contribution in [0.1, 0.15) is 38.3 Å². The Bertz CT molecular complexity index is 401. The fourth-order valence-electron chi connectivity index (χ4n) is 2.64. The average Bonchev–Trinajstić information content (AvgIpc) is 2.34. The lowest BCUT2D eigenvalue weighted by molar-refractivity contribution is 0.106. The molecular weight excluding hydrogens is 267 g/mol. The van der Waals surface area contributed by atoms with Crippen LogP contribution in [0.4, 0.5) is 0 Å². The number of rotatable bonds is 5. The molecule has 0 aliphatic carbocycles. The number of halogens is 2. The normalized spacial score (nSPS) is 14.0. The van der Waals surface area contributed by atoms with E-state index < -0.39 is 0 Å². The van der Waals surface area contributed by atoms with Crippen LogP contribution in [0.25, 0.3) is 0 Å². The van der Waals surface area contributed by atoms with Crippen molar-refractivity contribution in [2.45, 2.75) is 38.3 Å². The van der Waals surface area contributed by atoms with Gasteiger partial charge in [-0.15, -0.1) is 0 Å². The van der Waals surface area contributed by atoms with Crippen molar-refractivity contribution in [2.75, 3.05) is 14.1 Å². The summed E-state index contributed by atoms with van der Waals surface area (Å²) in [5.41, 5.74) is 7.30. The van der Waals surface area contributed by atoms with Gasteiger partial charge in [-0.2, -0.15) is 0 Å². The van der Waals surface area contributed by atoms with Crippen LogP contribution in [-0.4, -0.2) is 24.5 Å². The van der Waals surface area contributed by atoms with E-state index in [0.717, 1.165) is 18.4 Å². The summed E-state index contributed by atoms with van der Waals surface area (Å²) in [6.45, 7) is 4.31. The number of nitrogens with two attached hydrogens (primary N) is 1. The summed E-state index contributed by atoms with van der Waals surface area (Å²) >= 11 is 12.3. The van der Waals surface area contributed by atoms with E-state index in [4.69, 9.17) is 28.9 Å². The van der Waals surface area contributed by atoms with E-state index in [1.807, 2.05) is 12.1 Å². The van der Waals surface area contributed by atoms with Crippen molar-refractivity contribution in [1.29, 1.82) is 0 Å². The smallest absolute Gasteiger partial charge is 0.0497 e. The molecule has 0 saturated carbocycles. The maximum atomic E-state index is 6.48. The molecule has 0 spiro atoms. The maximum absolute atomic E-state index is 6.48. The fraction of sp³-hybridized carbons (Fsp3) is 0.571. The molecule has 18 heavy (non-hydrogen) atoms. The lowest BCUT2D eigenvalue weighted by Gasteiger charge is -2.44. The van der Waals surface area contributed by atoms with Crippen LogP contribution >= 0.6 is 23.2 Å². The van der Waals surface area contributed by atoms with Gasteiger partial charge in [-0.05, 0) is 50.7 Å². The Kier molecular flexibility index (Phi) is 5.47. The minimum Gasteiger partial charge on any atom is -0.322 e. The first-order valence-corrected chi connectivity index (χ1v) is 7.02. The fourth-order valence-corrected chi connectivity index (χ4v) is 3.06. The zero-order valence-corrected chi connectivity index (χ0v) is 13.0. The van der Waals surface area contributed by atoms with Gasteiger partial charge in [0.1, 0.15) is 0 Å². The Morgan fingerprint density at radius 1 is 1.22 bits per heavy atom. The van der Waals surface area contributed by atoms with Crippen molar-refractivity contribution in [3.63, 3.8) is 0 Å². The molecule has 1 unspecified atom stereocenters. The van der Waals surface area contributed by atoms with Crippen molar-refractivity contribution in [2.24, 2.45) is 5.73 Å². The third-order valence-corrected chi connectivity index (χ3v) is 4.57. The van der Waals surface area contributed by atoms with Crippen LogP contribution in [0.3, 0.4) is 0 Å². The number of nitrogens with zero attached hydrogens (tertiary/aromatic N) is 1. The zero-order valence-electron chi connectivity index (χ0n) is 11.5. The van der Waals surface area contributed by atoms with Crippen molar-refractivity contribution in [1.82, 2.24) is 4.90 Å². The van der Waals surface area contributed by atoms with E-state index in [-0.39, 0.29) is 11.6 Å². The molecule has 0 aliphatic heterocycles. The van der Waals surface area contributed by atoms with Crippen LogP contribution in [0, 0.1) is 0 Å². The van der Waals surface area contributed by atoms with Crippen LogP contribution in [0.15, 0.2) is 18.2 Å². The molecule has 1 aromatic rings. The van der Waals surface area contributed by atoms with Gasteiger partial charge in [0.15, 0.2) is 0 Å². The van der Waals surface area contributed by atoms with Crippen LogP contribution in [0.5, 0.6) is 0 Å². The molecule has 0 heterocycles. The van der Waals surface area contributed by atoms with Gasteiger partial charge < -0.3 is 10.6 Å². The van der Waals surface area contributed by atoms with Gasteiger partial charge in [0.25, 0.3) is 0 Å². The zero-order chi connectivity index (χ0) is 13.9. The van der Waals surface area contributed by atoms with Gasteiger partial charge in [0.05, 0.1) is 0 Å². The molecule has 0 amide bonds. The second-order valence-corrected chi connectivity index (χ2v) is 5.69. The van der Waals surface area contributed by atoms with E-state index in [0.29, 0.717) is 10.0 Å². The van der Waals surface area contributed by atoms with Gasteiger partial charge >= 0.3 is 0 Å². The van der Waals surface area contributed by atoms with Gasteiger partial charge in [0, 0.05) is 21.6 Å². The molecule has 1 atom stereocenters. The van der Waals surface area contributed by atoms with E-state index in [1.54, 1.807) is 6.07 Å². The molecule has 2 nitrogen and oxygen atoms in total. The van der Waals surface area contributed by atoms with Crippen LogP contribution in [-0.2, 0) is 0 Å². The highest BCUT2D eigenvalue weighted by molar-refractivity contribution is 6.33. The lowest BCUT2D eigenvalue weighted by atomic mass is 9.80. The number of benzene rings is 1. The molecule has 0 bridgehead atoms. The Morgan fingerprint density at radius 3 is 2.22 bits per heavy atom. The highest BCUT2D eigenvalue weighted by Gasteiger charge is 2.37.